The average molecular weight is 467 g/mol. The molecule has 2 amide bonds. The molecule has 0 heterocycles. The summed E-state index contributed by atoms with van der Waals surface area (Å²) in [6, 6.07) is 26.6. The first-order valence-corrected chi connectivity index (χ1v) is 12.0. The summed E-state index contributed by atoms with van der Waals surface area (Å²) >= 11 is 7.59. The number of likely N-dealkylation sites (N-methyl/N-ethyl adjacent to an activating group) is 1. The molecule has 0 saturated carbocycles. The Balaban J connectivity index is 1.78. The molecule has 1 N–H and O–H groups in total. The number of rotatable bonds is 10. The number of nitrogens with zero attached hydrogens (tertiary/aromatic N) is 1. The minimum atomic E-state index is -0.595. The Hall–Kier alpha value is -2.76. The molecule has 6 heteroatoms. The third-order valence-corrected chi connectivity index (χ3v) is 6.32. The number of benzene rings is 3. The van der Waals surface area contributed by atoms with E-state index in [1.54, 1.807) is 11.9 Å². The van der Waals surface area contributed by atoms with Crippen LogP contribution in [0.5, 0.6) is 0 Å². The minimum Gasteiger partial charge on any atom is -0.357 e. The van der Waals surface area contributed by atoms with Gasteiger partial charge in [0.25, 0.3) is 0 Å². The van der Waals surface area contributed by atoms with Crippen molar-refractivity contribution in [1.82, 2.24) is 10.2 Å². The van der Waals surface area contributed by atoms with Crippen molar-refractivity contribution in [2.45, 2.75) is 24.8 Å². The molecule has 0 bridgehead atoms. The second kappa shape index (κ2) is 12.3. The maximum atomic E-state index is 13.4. The zero-order chi connectivity index (χ0) is 22.8. The largest absolute Gasteiger partial charge is 0.357 e. The van der Waals surface area contributed by atoms with Crippen LogP contribution >= 0.6 is 23.4 Å². The van der Waals surface area contributed by atoms with Gasteiger partial charge in [0.05, 0.1) is 5.75 Å². The van der Waals surface area contributed by atoms with Crippen molar-refractivity contribution in [3.05, 3.63) is 107 Å². The molecule has 0 aromatic heterocycles. The van der Waals surface area contributed by atoms with Gasteiger partial charge in [-0.25, -0.2) is 0 Å². The number of hydrogen-bond acceptors (Lipinski definition) is 3. The van der Waals surface area contributed by atoms with Crippen LogP contribution in [0.1, 0.15) is 16.7 Å². The number of carbonyl (C=O) groups excluding carboxylic acids is 2. The van der Waals surface area contributed by atoms with Gasteiger partial charge >= 0.3 is 0 Å². The van der Waals surface area contributed by atoms with Gasteiger partial charge in [-0.05, 0) is 28.8 Å². The maximum absolute atomic E-state index is 13.4. The predicted octanol–water partition coefficient (Wildman–Crippen LogP) is 4.96. The highest BCUT2D eigenvalue weighted by molar-refractivity contribution is 7.99. The number of halogens is 1. The molecule has 32 heavy (non-hydrogen) atoms. The molecule has 0 aliphatic rings. The van der Waals surface area contributed by atoms with E-state index in [2.05, 4.69) is 5.32 Å². The summed E-state index contributed by atoms with van der Waals surface area (Å²) in [5.41, 5.74) is 3.07. The highest BCUT2D eigenvalue weighted by Gasteiger charge is 2.29. The van der Waals surface area contributed by atoms with Crippen LogP contribution < -0.4 is 5.32 Å². The Bertz CT molecular complexity index is 1010. The lowest BCUT2D eigenvalue weighted by molar-refractivity contribution is -0.139. The van der Waals surface area contributed by atoms with Crippen LogP contribution in [0.4, 0.5) is 0 Å². The fourth-order valence-corrected chi connectivity index (χ4v) is 4.54. The van der Waals surface area contributed by atoms with E-state index in [0.29, 0.717) is 23.7 Å². The van der Waals surface area contributed by atoms with E-state index >= 15 is 0 Å². The van der Waals surface area contributed by atoms with Gasteiger partial charge < -0.3 is 10.2 Å². The van der Waals surface area contributed by atoms with E-state index in [0.717, 1.165) is 16.7 Å². The highest BCUT2D eigenvalue weighted by atomic mass is 35.5. The van der Waals surface area contributed by atoms with Crippen molar-refractivity contribution in [3.63, 3.8) is 0 Å². The van der Waals surface area contributed by atoms with Gasteiger partial charge in [0, 0.05) is 30.8 Å². The molecule has 3 aromatic carbocycles. The summed E-state index contributed by atoms with van der Waals surface area (Å²) in [4.78, 5) is 27.9. The second-order valence-corrected chi connectivity index (χ2v) is 8.87. The van der Waals surface area contributed by atoms with E-state index < -0.39 is 6.04 Å². The molecular weight excluding hydrogens is 440 g/mol. The average Bonchev–Trinajstić information content (AvgIpc) is 2.82. The minimum absolute atomic E-state index is 0.0644. The molecule has 0 saturated heterocycles. The van der Waals surface area contributed by atoms with Crippen LogP contribution in [0.2, 0.25) is 5.02 Å². The molecule has 0 spiro atoms. The lowest BCUT2D eigenvalue weighted by atomic mass is 10.0. The Kier molecular flexibility index (Phi) is 9.20. The number of amides is 2. The maximum Gasteiger partial charge on any atom is 0.242 e. The summed E-state index contributed by atoms with van der Waals surface area (Å²) in [6.07, 6.45) is 0.456. The van der Waals surface area contributed by atoms with Gasteiger partial charge in [-0.3, -0.25) is 9.59 Å². The van der Waals surface area contributed by atoms with Gasteiger partial charge in [-0.1, -0.05) is 84.4 Å². The zero-order valence-electron chi connectivity index (χ0n) is 18.0. The standard InChI is InChI=1S/C26H27ClN2O2S/c1-28-26(31)24(16-20-9-4-2-5-10-20)29(17-21-11-6-3-7-12-21)25(30)19-32-18-22-13-8-14-23(27)15-22/h2-15,24H,16-19H2,1H3,(H,28,31). The smallest absolute Gasteiger partial charge is 0.242 e. The third-order valence-electron chi connectivity index (χ3n) is 5.10. The SMILES string of the molecule is CNC(=O)C(Cc1ccccc1)N(Cc1ccccc1)C(=O)CSCc1cccc(Cl)c1. The Labute approximate surface area is 199 Å². The van der Waals surface area contributed by atoms with E-state index in [1.807, 2.05) is 84.9 Å². The fraction of sp³-hybridized carbons (Fsp3) is 0.231. The van der Waals surface area contributed by atoms with E-state index in [4.69, 9.17) is 11.6 Å². The van der Waals surface area contributed by atoms with Crippen LogP contribution in [0, 0.1) is 0 Å². The normalized spacial score (nSPS) is 11.6. The lowest BCUT2D eigenvalue weighted by Crippen LogP contribution is -2.50. The van der Waals surface area contributed by atoms with Gasteiger partial charge in [-0.2, -0.15) is 0 Å². The molecule has 0 radical (unpaired) electrons. The summed E-state index contributed by atoms with van der Waals surface area (Å²) in [5.74, 6) is 0.722. The fourth-order valence-electron chi connectivity index (χ4n) is 3.47. The van der Waals surface area contributed by atoms with Crippen LogP contribution in [0.3, 0.4) is 0 Å². The molecule has 4 nitrogen and oxygen atoms in total. The van der Waals surface area contributed by atoms with Crippen molar-refractivity contribution in [3.8, 4) is 0 Å². The van der Waals surface area contributed by atoms with Crippen LogP contribution in [-0.2, 0) is 28.3 Å². The lowest BCUT2D eigenvalue weighted by Gasteiger charge is -2.31. The van der Waals surface area contributed by atoms with E-state index in [-0.39, 0.29) is 17.6 Å². The number of hydrogen-bond donors (Lipinski definition) is 1. The monoisotopic (exact) mass is 466 g/mol. The van der Waals surface area contributed by atoms with Crippen molar-refractivity contribution < 1.29 is 9.59 Å². The third kappa shape index (κ3) is 7.14. The second-order valence-electron chi connectivity index (χ2n) is 7.45. The Morgan fingerprint density at radius 3 is 2.16 bits per heavy atom. The molecule has 0 aliphatic carbocycles. The molecule has 1 atom stereocenters. The zero-order valence-corrected chi connectivity index (χ0v) is 19.6. The van der Waals surface area contributed by atoms with Gasteiger partial charge in [0.1, 0.15) is 6.04 Å². The quantitative estimate of drug-likeness (QED) is 0.459. The van der Waals surface area contributed by atoms with Crippen molar-refractivity contribution in [2.24, 2.45) is 0 Å². The van der Waals surface area contributed by atoms with Crippen LogP contribution in [-0.4, -0.2) is 35.6 Å². The Morgan fingerprint density at radius 1 is 0.906 bits per heavy atom. The first-order chi connectivity index (χ1) is 15.6. The molecular formula is C26H27ClN2O2S. The van der Waals surface area contributed by atoms with Crippen molar-refractivity contribution in [2.75, 3.05) is 12.8 Å². The molecule has 3 rings (SSSR count). The van der Waals surface area contributed by atoms with E-state index in [9.17, 15) is 9.59 Å². The number of nitrogens with one attached hydrogen (secondary N) is 1. The molecule has 0 fully saturated rings. The highest BCUT2D eigenvalue weighted by Crippen LogP contribution is 2.20. The van der Waals surface area contributed by atoms with Crippen LogP contribution in [0.15, 0.2) is 84.9 Å². The first-order valence-electron chi connectivity index (χ1n) is 10.5. The number of thioether (sulfide) groups is 1. The number of carbonyl (C=O) groups is 2. The topological polar surface area (TPSA) is 49.4 Å². The van der Waals surface area contributed by atoms with Gasteiger partial charge in [-0.15, -0.1) is 11.8 Å². The summed E-state index contributed by atoms with van der Waals surface area (Å²) in [5, 5.41) is 3.42. The first kappa shape index (κ1) is 23.9. The molecule has 0 aliphatic heterocycles. The Morgan fingerprint density at radius 2 is 1.53 bits per heavy atom. The van der Waals surface area contributed by atoms with Gasteiger partial charge in [0.2, 0.25) is 11.8 Å². The summed E-state index contributed by atoms with van der Waals surface area (Å²) in [7, 11) is 1.61. The summed E-state index contributed by atoms with van der Waals surface area (Å²) in [6.45, 7) is 0.377. The van der Waals surface area contributed by atoms with Crippen LogP contribution in [0.25, 0.3) is 0 Å². The van der Waals surface area contributed by atoms with Crippen molar-refractivity contribution >= 4 is 35.2 Å². The molecule has 1 unspecified atom stereocenters. The molecule has 3 aromatic rings. The molecule has 166 valence electrons. The van der Waals surface area contributed by atoms with E-state index in [1.165, 1.54) is 11.8 Å². The predicted molar refractivity (Wildman–Crippen MR) is 133 cm³/mol. The van der Waals surface area contributed by atoms with Gasteiger partial charge in [0.15, 0.2) is 0 Å². The summed E-state index contributed by atoms with van der Waals surface area (Å²) < 4.78 is 0. The van der Waals surface area contributed by atoms with Crippen molar-refractivity contribution in [1.29, 1.82) is 0 Å².